The third-order valence-electron chi connectivity index (χ3n) is 4.34. The van der Waals surface area contributed by atoms with E-state index in [1.165, 1.54) is 0 Å². The lowest BCUT2D eigenvalue weighted by atomic mass is 9.71. The largest absolute Gasteiger partial charge is 0.481 e. The summed E-state index contributed by atoms with van der Waals surface area (Å²) in [6.07, 6.45) is 3.45. The van der Waals surface area contributed by atoms with Crippen LogP contribution in [0.1, 0.15) is 31.2 Å². The number of hydrogen-bond donors (Lipinski definition) is 2. The number of hydrogen-bond acceptors (Lipinski definition) is 2. The number of carboxylic acid groups (broad SMARTS) is 1. The molecule has 1 amide bonds. The Balaban J connectivity index is 1.71. The first-order chi connectivity index (χ1) is 9.12. The molecule has 1 aromatic carbocycles. The molecule has 0 radical (unpaired) electrons. The number of carbonyl (C=O) groups is 2. The normalized spacial score (nSPS) is 27.2. The van der Waals surface area contributed by atoms with Crippen LogP contribution in [-0.2, 0) is 15.1 Å². The van der Waals surface area contributed by atoms with Crippen LogP contribution in [0.25, 0.3) is 0 Å². The number of carboxylic acids is 1. The van der Waals surface area contributed by atoms with E-state index >= 15 is 0 Å². The van der Waals surface area contributed by atoms with Gasteiger partial charge in [-0.15, -0.1) is 0 Å². The number of amides is 1. The fraction of sp³-hybridized carbons (Fsp3) is 0.467. The highest BCUT2D eigenvalue weighted by atomic mass is 16.4. The molecule has 100 valence electrons. The molecule has 4 nitrogen and oxygen atoms in total. The van der Waals surface area contributed by atoms with Crippen LogP contribution in [0.3, 0.4) is 0 Å². The van der Waals surface area contributed by atoms with Crippen molar-refractivity contribution in [2.24, 2.45) is 11.8 Å². The molecule has 4 heteroatoms. The molecule has 2 atom stereocenters. The van der Waals surface area contributed by atoms with Crippen LogP contribution in [0.5, 0.6) is 0 Å². The van der Waals surface area contributed by atoms with Gasteiger partial charge in [0.25, 0.3) is 0 Å². The number of aliphatic carboxylic acids is 1. The lowest BCUT2D eigenvalue weighted by Gasteiger charge is -2.43. The van der Waals surface area contributed by atoms with Gasteiger partial charge < -0.3 is 10.4 Å². The van der Waals surface area contributed by atoms with Crippen molar-refractivity contribution in [3.8, 4) is 0 Å². The lowest BCUT2D eigenvalue weighted by molar-refractivity contribution is -0.140. The number of nitrogens with one attached hydrogen (secondary N) is 1. The highest BCUT2D eigenvalue weighted by Gasteiger charge is 2.51. The van der Waals surface area contributed by atoms with E-state index < -0.39 is 11.9 Å². The Morgan fingerprint density at radius 2 is 1.84 bits per heavy atom. The SMILES string of the molecule is O=C(O)C1CC1C(=O)NC1(c2ccccc2)CCC1. The molecule has 2 unspecified atom stereocenters. The predicted molar refractivity (Wildman–Crippen MR) is 69.3 cm³/mol. The van der Waals surface area contributed by atoms with Crippen LogP contribution in [-0.4, -0.2) is 17.0 Å². The molecule has 0 bridgehead atoms. The minimum atomic E-state index is -0.859. The van der Waals surface area contributed by atoms with Crippen molar-refractivity contribution in [3.05, 3.63) is 35.9 Å². The van der Waals surface area contributed by atoms with E-state index in [1.54, 1.807) is 0 Å². The zero-order chi connectivity index (χ0) is 13.5. The Morgan fingerprint density at radius 3 is 2.32 bits per heavy atom. The van der Waals surface area contributed by atoms with Gasteiger partial charge in [0, 0.05) is 0 Å². The predicted octanol–water partition coefficient (Wildman–Crippen LogP) is 1.90. The van der Waals surface area contributed by atoms with Crippen molar-refractivity contribution in [2.45, 2.75) is 31.2 Å². The van der Waals surface area contributed by atoms with E-state index in [0.29, 0.717) is 6.42 Å². The maximum atomic E-state index is 12.1. The fourth-order valence-electron chi connectivity index (χ4n) is 2.86. The zero-order valence-corrected chi connectivity index (χ0v) is 10.6. The Morgan fingerprint density at radius 1 is 1.16 bits per heavy atom. The van der Waals surface area contributed by atoms with E-state index in [4.69, 9.17) is 5.11 Å². The molecule has 2 N–H and O–H groups in total. The van der Waals surface area contributed by atoms with Gasteiger partial charge >= 0.3 is 5.97 Å². The molecule has 0 aromatic heterocycles. The van der Waals surface area contributed by atoms with Crippen molar-refractivity contribution in [1.29, 1.82) is 0 Å². The number of rotatable bonds is 4. The molecule has 2 fully saturated rings. The molecule has 2 aliphatic carbocycles. The van der Waals surface area contributed by atoms with Crippen molar-refractivity contribution in [2.75, 3.05) is 0 Å². The quantitative estimate of drug-likeness (QED) is 0.868. The van der Waals surface area contributed by atoms with Crippen LogP contribution < -0.4 is 5.32 Å². The maximum Gasteiger partial charge on any atom is 0.307 e. The number of carbonyl (C=O) groups excluding carboxylic acids is 1. The fourth-order valence-corrected chi connectivity index (χ4v) is 2.86. The summed E-state index contributed by atoms with van der Waals surface area (Å²) in [5.74, 6) is -1.77. The molecule has 0 saturated heterocycles. The highest BCUT2D eigenvalue weighted by Crippen LogP contribution is 2.44. The Labute approximate surface area is 111 Å². The summed E-state index contributed by atoms with van der Waals surface area (Å²) >= 11 is 0. The van der Waals surface area contributed by atoms with Crippen LogP contribution in [0.15, 0.2) is 30.3 Å². The van der Waals surface area contributed by atoms with E-state index in [1.807, 2.05) is 30.3 Å². The molecule has 2 aliphatic rings. The van der Waals surface area contributed by atoms with Crippen LogP contribution >= 0.6 is 0 Å². The van der Waals surface area contributed by atoms with E-state index in [2.05, 4.69) is 5.32 Å². The van der Waals surface area contributed by atoms with Gasteiger partial charge in [-0.3, -0.25) is 9.59 Å². The molecular weight excluding hydrogens is 242 g/mol. The maximum absolute atomic E-state index is 12.1. The molecule has 0 aliphatic heterocycles. The Bertz CT molecular complexity index is 507. The van der Waals surface area contributed by atoms with Gasteiger partial charge in [-0.25, -0.2) is 0 Å². The van der Waals surface area contributed by atoms with Crippen molar-refractivity contribution in [1.82, 2.24) is 5.32 Å². The molecule has 19 heavy (non-hydrogen) atoms. The monoisotopic (exact) mass is 259 g/mol. The van der Waals surface area contributed by atoms with Crippen LogP contribution in [0.4, 0.5) is 0 Å². The van der Waals surface area contributed by atoms with E-state index in [0.717, 1.165) is 24.8 Å². The summed E-state index contributed by atoms with van der Waals surface area (Å²) in [7, 11) is 0. The highest BCUT2D eigenvalue weighted by molar-refractivity contribution is 5.90. The Kier molecular flexibility index (Phi) is 2.81. The summed E-state index contributed by atoms with van der Waals surface area (Å²) < 4.78 is 0. The van der Waals surface area contributed by atoms with E-state index in [9.17, 15) is 9.59 Å². The van der Waals surface area contributed by atoms with Gasteiger partial charge in [0.15, 0.2) is 0 Å². The second kappa shape index (κ2) is 4.37. The average Bonchev–Trinajstić information content (AvgIpc) is 3.15. The topological polar surface area (TPSA) is 66.4 Å². The van der Waals surface area contributed by atoms with Crippen molar-refractivity contribution in [3.63, 3.8) is 0 Å². The third-order valence-corrected chi connectivity index (χ3v) is 4.34. The first-order valence-corrected chi connectivity index (χ1v) is 6.73. The van der Waals surface area contributed by atoms with Crippen molar-refractivity contribution < 1.29 is 14.7 Å². The zero-order valence-electron chi connectivity index (χ0n) is 10.6. The summed E-state index contributed by atoms with van der Waals surface area (Å²) in [6.45, 7) is 0. The minimum Gasteiger partial charge on any atom is -0.481 e. The summed E-state index contributed by atoms with van der Waals surface area (Å²) in [5, 5.41) is 12.0. The minimum absolute atomic E-state index is 0.101. The van der Waals surface area contributed by atoms with Crippen molar-refractivity contribution >= 4 is 11.9 Å². The summed E-state index contributed by atoms with van der Waals surface area (Å²) in [4.78, 5) is 22.9. The molecule has 0 spiro atoms. The first-order valence-electron chi connectivity index (χ1n) is 6.73. The molecular formula is C15H17NO3. The second-order valence-corrected chi connectivity index (χ2v) is 5.58. The van der Waals surface area contributed by atoms with Gasteiger partial charge in [-0.1, -0.05) is 30.3 Å². The van der Waals surface area contributed by atoms with Gasteiger partial charge in [0.1, 0.15) is 0 Å². The smallest absolute Gasteiger partial charge is 0.307 e. The summed E-state index contributed by atoms with van der Waals surface area (Å²) in [6, 6.07) is 9.96. The Hall–Kier alpha value is -1.84. The summed E-state index contributed by atoms with van der Waals surface area (Å²) in [5.41, 5.74) is 0.867. The molecule has 1 aromatic rings. The van der Waals surface area contributed by atoms with Crippen LogP contribution in [0, 0.1) is 11.8 Å². The van der Waals surface area contributed by atoms with Gasteiger partial charge in [-0.2, -0.15) is 0 Å². The van der Waals surface area contributed by atoms with Crippen LogP contribution in [0.2, 0.25) is 0 Å². The molecule has 0 heterocycles. The lowest BCUT2D eigenvalue weighted by Crippen LogP contribution is -2.51. The third kappa shape index (κ3) is 2.11. The number of benzene rings is 1. The first kappa shape index (κ1) is 12.2. The molecule has 3 rings (SSSR count). The van der Waals surface area contributed by atoms with Gasteiger partial charge in [-0.05, 0) is 31.2 Å². The second-order valence-electron chi connectivity index (χ2n) is 5.58. The average molecular weight is 259 g/mol. The molecule has 2 saturated carbocycles. The standard InChI is InChI=1S/C15H17NO3/c17-13(11-9-12(11)14(18)19)16-15(7-4-8-15)10-5-2-1-3-6-10/h1-3,5-6,11-12H,4,7-9H2,(H,16,17)(H,18,19). The van der Waals surface area contributed by atoms with Gasteiger partial charge in [0.05, 0.1) is 17.4 Å². The van der Waals surface area contributed by atoms with E-state index in [-0.39, 0.29) is 17.4 Å². The van der Waals surface area contributed by atoms with Gasteiger partial charge in [0.2, 0.25) is 5.91 Å².